The number of benzene rings is 2. The zero-order chi connectivity index (χ0) is 22.9. The zero-order valence-corrected chi connectivity index (χ0v) is 18.7. The van der Waals surface area contributed by atoms with Crippen molar-refractivity contribution in [1.82, 2.24) is 5.32 Å². The maximum atomic E-state index is 14.9. The number of esters is 1. The first kappa shape index (κ1) is 22.0. The second-order valence-electron chi connectivity index (χ2n) is 9.32. The van der Waals surface area contributed by atoms with Gasteiger partial charge in [-0.1, -0.05) is 62.4 Å². The number of nitrogens with one attached hydrogen (secondary N) is 1. The van der Waals surface area contributed by atoms with Gasteiger partial charge in [-0.05, 0) is 30.4 Å². The number of carbonyl (C=O) groups excluding carboxylic acids is 2. The Hall–Kier alpha value is -3.21. The third-order valence-corrected chi connectivity index (χ3v) is 6.14. The lowest BCUT2D eigenvalue weighted by molar-refractivity contribution is -0.139. The quantitative estimate of drug-likeness (QED) is 0.657. The van der Waals surface area contributed by atoms with Gasteiger partial charge in [0.15, 0.2) is 5.78 Å². The normalized spacial score (nSPS) is 20.0. The smallest absolute Gasteiger partial charge is 0.336 e. The van der Waals surface area contributed by atoms with Crippen LogP contribution in [0.3, 0.4) is 0 Å². The van der Waals surface area contributed by atoms with Gasteiger partial charge in [-0.3, -0.25) is 4.79 Å². The van der Waals surface area contributed by atoms with Crippen LogP contribution in [0.4, 0.5) is 4.39 Å². The molecule has 0 amide bonds. The number of ether oxygens (including phenoxy) is 1. The summed E-state index contributed by atoms with van der Waals surface area (Å²) in [7, 11) is 0. The Labute approximate surface area is 188 Å². The van der Waals surface area contributed by atoms with E-state index in [4.69, 9.17) is 4.74 Å². The SMILES string of the molecule is CC1=C(C(=O)OCCc2ccccc2)C(c2ccccc2F)C2=C(CC(C)(C)CC2=O)N1. The molecule has 1 aliphatic heterocycles. The Morgan fingerprint density at radius 2 is 1.78 bits per heavy atom. The molecule has 32 heavy (non-hydrogen) atoms. The molecule has 166 valence electrons. The van der Waals surface area contributed by atoms with E-state index in [1.165, 1.54) is 6.07 Å². The number of ketones is 1. The summed E-state index contributed by atoms with van der Waals surface area (Å²) in [5, 5.41) is 3.28. The van der Waals surface area contributed by atoms with Crippen LogP contribution in [0.15, 0.2) is 77.1 Å². The van der Waals surface area contributed by atoms with Crippen LogP contribution in [0.25, 0.3) is 0 Å². The van der Waals surface area contributed by atoms with Crippen LogP contribution in [0.1, 0.15) is 50.7 Å². The molecule has 4 rings (SSSR count). The topological polar surface area (TPSA) is 55.4 Å². The van der Waals surface area contributed by atoms with Crippen molar-refractivity contribution in [3.63, 3.8) is 0 Å². The average molecular weight is 434 g/mol. The first-order valence-corrected chi connectivity index (χ1v) is 11.0. The Morgan fingerprint density at radius 3 is 2.50 bits per heavy atom. The number of dihydropyridines is 1. The second-order valence-corrected chi connectivity index (χ2v) is 9.32. The summed E-state index contributed by atoms with van der Waals surface area (Å²) in [5.74, 6) is -1.80. The van der Waals surface area contributed by atoms with E-state index in [1.807, 2.05) is 44.2 Å². The molecule has 2 aliphatic rings. The molecule has 1 aliphatic carbocycles. The van der Waals surface area contributed by atoms with E-state index in [0.29, 0.717) is 41.7 Å². The lowest BCUT2D eigenvalue weighted by Gasteiger charge is -2.39. The molecule has 0 fully saturated rings. The lowest BCUT2D eigenvalue weighted by atomic mass is 9.68. The van der Waals surface area contributed by atoms with Gasteiger partial charge in [0.25, 0.3) is 0 Å². The number of hydrogen-bond acceptors (Lipinski definition) is 4. The van der Waals surface area contributed by atoms with Gasteiger partial charge >= 0.3 is 5.97 Å². The van der Waals surface area contributed by atoms with Crippen molar-refractivity contribution in [2.75, 3.05) is 6.61 Å². The molecule has 1 heterocycles. The number of rotatable bonds is 5. The fourth-order valence-electron chi connectivity index (χ4n) is 4.71. The van der Waals surface area contributed by atoms with E-state index >= 15 is 0 Å². The minimum absolute atomic E-state index is 0.0564. The number of allylic oxidation sites excluding steroid dienone is 3. The molecule has 1 N–H and O–H groups in total. The van der Waals surface area contributed by atoms with Gasteiger partial charge < -0.3 is 10.1 Å². The van der Waals surface area contributed by atoms with E-state index < -0.39 is 17.7 Å². The number of carbonyl (C=O) groups is 2. The second kappa shape index (κ2) is 8.73. The first-order chi connectivity index (χ1) is 15.3. The van der Waals surface area contributed by atoms with Gasteiger partial charge in [-0.2, -0.15) is 0 Å². The minimum atomic E-state index is -0.778. The molecule has 0 saturated heterocycles. The standard InChI is InChI=1S/C27H28FNO3/c1-17-23(26(31)32-14-13-18-9-5-4-6-10-18)24(19-11-7-8-12-20(19)28)25-21(29-17)15-27(2,3)16-22(25)30/h4-12,24,29H,13-16H2,1-3H3. The van der Waals surface area contributed by atoms with E-state index in [0.717, 1.165) is 11.3 Å². The molecular formula is C27H28FNO3. The van der Waals surface area contributed by atoms with Gasteiger partial charge in [-0.25, -0.2) is 9.18 Å². The third kappa shape index (κ3) is 4.38. The highest BCUT2D eigenvalue weighted by Crippen LogP contribution is 2.47. The molecule has 0 spiro atoms. The summed E-state index contributed by atoms with van der Waals surface area (Å²) in [4.78, 5) is 26.4. The van der Waals surface area contributed by atoms with Gasteiger partial charge in [0.2, 0.25) is 0 Å². The highest BCUT2D eigenvalue weighted by molar-refractivity contribution is 6.04. The van der Waals surface area contributed by atoms with Crippen molar-refractivity contribution in [2.24, 2.45) is 5.41 Å². The van der Waals surface area contributed by atoms with Crippen molar-refractivity contribution in [3.05, 3.63) is 94.1 Å². The predicted octanol–water partition coefficient (Wildman–Crippen LogP) is 5.22. The summed E-state index contributed by atoms with van der Waals surface area (Å²) < 4.78 is 20.5. The van der Waals surface area contributed by atoms with Crippen molar-refractivity contribution in [1.29, 1.82) is 0 Å². The van der Waals surface area contributed by atoms with E-state index in [2.05, 4.69) is 5.32 Å². The van der Waals surface area contributed by atoms with Gasteiger partial charge in [0.1, 0.15) is 5.82 Å². The van der Waals surface area contributed by atoms with Crippen LogP contribution < -0.4 is 5.32 Å². The van der Waals surface area contributed by atoms with E-state index in [1.54, 1.807) is 25.1 Å². The lowest BCUT2D eigenvalue weighted by Crippen LogP contribution is -2.39. The van der Waals surface area contributed by atoms with Gasteiger partial charge in [-0.15, -0.1) is 0 Å². The number of hydrogen-bond donors (Lipinski definition) is 1. The molecule has 1 unspecified atom stereocenters. The fraction of sp³-hybridized carbons (Fsp3) is 0.333. The van der Waals surface area contributed by atoms with Gasteiger partial charge in [0, 0.05) is 35.4 Å². The van der Waals surface area contributed by atoms with Crippen LogP contribution >= 0.6 is 0 Å². The Bertz CT molecular complexity index is 1110. The number of Topliss-reactive ketones (excluding diaryl/α,β-unsaturated/α-hetero) is 1. The summed E-state index contributed by atoms with van der Waals surface area (Å²) >= 11 is 0. The van der Waals surface area contributed by atoms with Crippen molar-refractivity contribution >= 4 is 11.8 Å². The average Bonchev–Trinajstić information content (AvgIpc) is 2.73. The fourth-order valence-corrected chi connectivity index (χ4v) is 4.71. The highest BCUT2D eigenvalue weighted by Gasteiger charge is 2.43. The third-order valence-electron chi connectivity index (χ3n) is 6.14. The summed E-state index contributed by atoms with van der Waals surface area (Å²) in [6.07, 6.45) is 1.60. The Morgan fingerprint density at radius 1 is 1.09 bits per heavy atom. The summed E-state index contributed by atoms with van der Waals surface area (Å²) in [6.45, 7) is 6.08. The van der Waals surface area contributed by atoms with Crippen LogP contribution in [-0.2, 0) is 20.7 Å². The molecule has 2 aromatic rings. The molecule has 0 bridgehead atoms. The molecule has 0 aromatic heterocycles. The molecule has 1 atom stereocenters. The largest absolute Gasteiger partial charge is 0.462 e. The van der Waals surface area contributed by atoms with Crippen LogP contribution in [0, 0.1) is 11.2 Å². The molecule has 4 nitrogen and oxygen atoms in total. The summed E-state index contributed by atoms with van der Waals surface area (Å²) in [5.41, 5.74) is 3.35. The minimum Gasteiger partial charge on any atom is -0.462 e. The van der Waals surface area contributed by atoms with Crippen LogP contribution in [0.5, 0.6) is 0 Å². The van der Waals surface area contributed by atoms with Crippen LogP contribution in [0.2, 0.25) is 0 Å². The summed E-state index contributed by atoms with van der Waals surface area (Å²) in [6, 6.07) is 16.1. The maximum absolute atomic E-state index is 14.9. The van der Waals surface area contributed by atoms with Crippen molar-refractivity contribution in [2.45, 2.75) is 46.0 Å². The molecule has 0 radical (unpaired) electrons. The zero-order valence-electron chi connectivity index (χ0n) is 18.7. The van der Waals surface area contributed by atoms with Crippen molar-refractivity contribution < 1.29 is 18.7 Å². The first-order valence-electron chi connectivity index (χ1n) is 11.0. The van der Waals surface area contributed by atoms with E-state index in [9.17, 15) is 14.0 Å². The van der Waals surface area contributed by atoms with E-state index in [-0.39, 0.29) is 17.8 Å². The molecule has 0 saturated carbocycles. The molecule has 2 aromatic carbocycles. The van der Waals surface area contributed by atoms with Gasteiger partial charge in [0.05, 0.1) is 18.1 Å². The maximum Gasteiger partial charge on any atom is 0.336 e. The van der Waals surface area contributed by atoms with Crippen LogP contribution in [-0.4, -0.2) is 18.4 Å². The molecule has 5 heteroatoms. The highest BCUT2D eigenvalue weighted by atomic mass is 19.1. The monoisotopic (exact) mass is 433 g/mol. The molecular weight excluding hydrogens is 405 g/mol. The predicted molar refractivity (Wildman–Crippen MR) is 121 cm³/mol. The Kier molecular flexibility index (Phi) is 6.00. The van der Waals surface area contributed by atoms with Crippen molar-refractivity contribution in [3.8, 4) is 0 Å². The number of halogens is 1. The Balaban J connectivity index is 1.68.